The molecule has 0 bridgehead atoms. The van der Waals surface area contributed by atoms with Crippen LogP contribution >= 0.6 is 11.3 Å². The second kappa shape index (κ2) is 9.86. The van der Waals surface area contributed by atoms with E-state index in [0.717, 1.165) is 49.5 Å². The van der Waals surface area contributed by atoms with Crippen LogP contribution in [0.5, 0.6) is 0 Å². The average molecular weight is 412 g/mol. The van der Waals surface area contributed by atoms with E-state index in [0.29, 0.717) is 5.13 Å². The third-order valence-electron chi connectivity index (χ3n) is 3.74. The molecule has 10 heteroatoms. The van der Waals surface area contributed by atoms with Crippen molar-refractivity contribution in [2.24, 2.45) is 10.2 Å². The molecule has 0 saturated carbocycles. The van der Waals surface area contributed by atoms with E-state index in [2.05, 4.69) is 39.2 Å². The average Bonchev–Trinajstić information content (AvgIpc) is 3.07. The molecule has 148 valence electrons. The minimum atomic E-state index is -4.44. The first kappa shape index (κ1) is 21.4. The predicted molar refractivity (Wildman–Crippen MR) is 107 cm³/mol. The molecule has 8 nitrogen and oxygen atoms in total. The van der Waals surface area contributed by atoms with Gasteiger partial charge in [-0.2, -0.15) is 8.42 Å². The Hall–Kier alpha value is -1.91. The van der Waals surface area contributed by atoms with Gasteiger partial charge in [-0.25, -0.2) is 0 Å². The number of hydrogen-bond acceptors (Lipinski definition) is 8. The van der Waals surface area contributed by atoms with Crippen molar-refractivity contribution in [1.29, 1.82) is 0 Å². The van der Waals surface area contributed by atoms with Gasteiger partial charge in [0.2, 0.25) is 0 Å². The quantitative estimate of drug-likeness (QED) is 0.445. The summed E-state index contributed by atoms with van der Waals surface area (Å²) in [4.78, 5) is 1.82. The van der Waals surface area contributed by atoms with Crippen molar-refractivity contribution in [3.63, 3.8) is 0 Å². The predicted octanol–water partition coefficient (Wildman–Crippen LogP) is 4.78. The van der Waals surface area contributed by atoms with Crippen LogP contribution < -0.4 is 4.90 Å². The van der Waals surface area contributed by atoms with Gasteiger partial charge in [-0.05, 0) is 37.5 Å². The Balaban J connectivity index is 2.36. The van der Waals surface area contributed by atoms with Crippen LogP contribution in [-0.4, -0.2) is 36.3 Å². The van der Waals surface area contributed by atoms with Crippen molar-refractivity contribution in [1.82, 2.24) is 10.2 Å². The number of aromatic nitrogens is 2. The summed E-state index contributed by atoms with van der Waals surface area (Å²) in [5.74, 6) is 0. The summed E-state index contributed by atoms with van der Waals surface area (Å²) in [6.07, 6.45) is 3.62. The highest BCUT2D eigenvalue weighted by atomic mass is 32.2. The van der Waals surface area contributed by atoms with Gasteiger partial charge in [-0.1, -0.05) is 32.1 Å². The van der Waals surface area contributed by atoms with E-state index in [1.807, 2.05) is 6.92 Å². The molecule has 2 aromatic rings. The molecule has 0 aliphatic heterocycles. The first-order valence-electron chi connectivity index (χ1n) is 8.99. The van der Waals surface area contributed by atoms with Crippen LogP contribution in [0.3, 0.4) is 0 Å². The van der Waals surface area contributed by atoms with Gasteiger partial charge in [0.1, 0.15) is 15.6 Å². The summed E-state index contributed by atoms with van der Waals surface area (Å²) in [6, 6.07) is 4.78. The Morgan fingerprint density at radius 3 is 2.37 bits per heavy atom. The molecule has 0 radical (unpaired) electrons. The molecular weight excluding hydrogens is 386 g/mol. The van der Waals surface area contributed by atoms with E-state index >= 15 is 0 Å². The first-order valence-corrected chi connectivity index (χ1v) is 11.2. The number of azo groups is 1. The molecule has 2 rings (SSSR count). The second-order valence-corrected chi connectivity index (χ2v) is 8.47. The van der Waals surface area contributed by atoms with Gasteiger partial charge >= 0.3 is 0 Å². The Kier molecular flexibility index (Phi) is 7.81. The number of anilines is 1. The molecule has 0 aliphatic carbocycles. The lowest BCUT2D eigenvalue weighted by Gasteiger charge is -2.24. The molecule has 0 unspecified atom stereocenters. The van der Waals surface area contributed by atoms with E-state index in [4.69, 9.17) is 0 Å². The fourth-order valence-electron chi connectivity index (χ4n) is 2.60. The van der Waals surface area contributed by atoms with Gasteiger partial charge in [0, 0.05) is 25.2 Å². The zero-order chi connectivity index (χ0) is 19.9. The fourth-order valence-corrected chi connectivity index (χ4v) is 4.00. The van der Waals surface area contributed by atoms with Crippen LogP contribution in [0.25, 0.3) is 0 Å². The molecule has 0 atom stereocenters. The van der Waals surface area contributed by atoms with E-state index in [1.165, 1.54) is 17.4 Å². The monoisotopic (exact) mass is 411 g/mol. The highest BCUT2D eigenvalue weighted by Gasteiger charge is 2.18. The van der Waals surface area contributed by atoms with Gasteiger partial charge in [0.25, 0.3) is 15.2 Å². The number of nitrogens with zero attached hydrogens (tertiary/aromatic N) is 5. The van der Waals surface area contributed by atoms with Crippen molar-refractivity contribution in [3.05, 3.63) is 23.2 Å². The van der Waals surface area contributed by atoms with Crippen LogP contribution in [0.2, 0.25) is 0 Å². The van der Waals surface area contributed by atoms with Crippen LogP contribution in [0.4, 0.5) is 16.5 Å². The molecular formula is C17H25N5O3S2. The number of aryl methyl sites for hydroxylation is 1. The van der Waals surface area contributed by atoms with E-state index in [1.54, 1.807) is 12.1 Å². The molecule has 27 heavy (non-hydrogen) atoms. The zero-order valence-corrected chi connectivity index (χ0v) is 17.4. The minimum Gasteiger partial charge on any atom is -0.372 e. The van der Waals surface area contributed by atoms with Crippen molar-refractivity contribution >= 4 is 38.0 Å². The lowest BCUT2D eigenvalue weighted by Crippen LogP contribution is -2.25. The molecule has 0 fully saturated rings. The highest BCUT2D eigenvalue weighted by molar-refractivity contribution is 7.86. The molecule has 1 aromatic heterocycles. The lowest BCUT2D eigenvalue weighted by atomic mass is 10.2. The minimum absolute atomic E-state index is 0.0708. The maximum Gasteiger partial charge on any atom is 0.296 e. The number of hydrogen-bond donors (Lipinski definition) is 1. The maximum absolute atomic E-state index is 11.9. The molecule has 1 N–H and O–H groups in total. The lowest BCUT2D eigenvalue weighted by molar-refractivity contribution is 0.483. The van der Waals surface area contributed by atoms with E-state index < -0.39 is 10.1 Å². The summed E-state index contributed by atoms with van der Waals surface area (Å²) in [7, 11) is -4.44. The van der Waals surface area contributed by atoms with Crippen molar-refractivity contribution in [2.75, 3.05) is 18.0 Å². The fraction of sp³-hybridized carbons (Fsp3) is 0.529. The number of benzene rings is 1. The van der Waals surface area contributed by atoms with Crippen molar-refractivity contribution < 1.29 is 13.0 Å². The number of rotatable bonds is 10. The standard InChI is InChI=1S/C17H25N5O3S2/c1-4-7-16-19-21-17(26-16)20-18-14-9-8-13(12-15(14)27(23,24)25)22(10-5-2)11-6-3/h8-9,12H,4-7,10-11H2,1-3H3,(H,23,24,25). The SMILES string of the molecule is CCCc1nnc(N=Nc2ccc(N(CCC)CCC)cc2S(=O)(=O)O)s1. The summed E-state index contributed by atoms with van der Waals surface area (Å²) in [6.45, 7) is 7.76. The molecule has 0 saturated heterocycles. The molecule has 1 aromatic carbocycles. The summed E-state index contributed by atoms with van der Waals surface area (Å²) in [5, 5.41) is 17.1. The van der Waals surface area contributed by atoms with Gasteiger partial charge in [0.05, 0.1) is 0 Å². The van der Waals surface area contributed by atoms with Crippen LogP contribution in [-0.2, 0) is 16.5 Å². The Bertz CT molecular complexity index is 874. The maximum atomic E-state index is 11.9. The Labute approximate surface area is 164 Å². The first-order chi connectivity index (χ1) is 12.9. The molecule has 0 spiro atoms. The van der Waals surface area contributed by atoms with Crippen molar-refractivity contribution in [2.45, 2.75) is 51.3 Å². The van der Waals surface area contributed by atoms with Gasteiger partial charge < -0.3 is 4.90 Å². The van der Waals surface area contributed by atoms with Crippen LogP contribution in [0.15, 0.2) is 33.3 Å². The van der Waals surface area contributed by atoms with Crippen LogP contribution in [0, 0.1) is 0 Å². The largest absolute Gasteiger partial charge is 0.372 e. The topological polar surface area (TPSA) is 108 Å². The van der Waals surface area contributed by atoms with Gasteiger partial charge in [-0.15, -0.1) is 20.4 Å². The van der Waals surface area contributed by atoms with Gasteiger partial charge in [0.15, 0.2) is 0 Å². The normalized spacial score (nSPS) is 12.0. The summed E-state index contributed by atoms with van der Waals surface area (Å²) < 4.78 is 33.3. The summed E-state index contributed by atoms with van der Waals surface area (Å²) in [5.41, 5.74) is 0.799. The van der Waals surface area contributed by atoms with E-state index in [9.17, 15) is 13.0 Å². The summed E-state index contributed by atoms with van der Waals surface area (Å²) >= 11 is 1.31. The van der Waals surface area contributed by atoms with Gasteiger partial charge in [-0.3, -0.25) is 4.55 Å². The molecule has 1 heterocycles. The van der Waals surface area contributed by atoms with E-state index in [-0.39, 0.29) is 10.6 Å². The third-order valence-corrected chi connectivity index (χ3v) is 5.49. The molecule has 0 aliphatic rings. The second-order valence-electron chi connectivity index (χ2n) is 6.04. The third kappa shape index (κ3) is 6.05. The van der Waals surface area contributed by atoms with Crippen LogP contribution in [0.1, 0.15) is 45.0 Å². The zero-order valence-electron chi connectivity index (χ0n) is 15.8. The van der Waals surface area contributed by atoms with Crippen molar-refractivity contribution in [3.8, 4) is 0 Å². The Morgan fingerprint density at radius 1 is 1.07 bits per heavy atom. The molecule has 0 amide bonds. The Morgan fingerprint density at radius 2 is 1.78 bits per heavy atom. The highest BCUT2D eigenvalue weighted by Crippen LogP contribution is 2.31. The smallest absolute Gasteiger partial charge is 0.296 e.